The second-order valence-electron chi connectivity index (χ2n) is 8.01. The van der Waals surface area contributed by atoms with Gasteiger partial charge in [0.15, 0.2) is 0 Å². The van der Waals surface area contributed by atoms with Crippen LogP contribution in [-0.2, 0) is 25.7 Å². The maximum atomic E-state index is 5.20. The van der Waals surface area contributed by atoms with Crippen molar-refractivity contribution >= 4 is 22.8 Å². The molecule has 0 fully saturated rings. The molecule has 0 radical (unpaired) electrons. The third-order valence-electron chi connectivity index (χ3n) is 5.50. The molecule has 1 aromatic rings. The Morgan fingerprint density at radius 1 is 0.500 bits per heavy atom. The fourth-order valence-electron chi connectivity index (χ4n) is 3.83. The minimum absolute atomic E-state index is 1.00. The molecule has 0 unspecified atom stereocenters. The molecular formula is C26H44N2. The number of aliphatic imine (C=N–C) groups is 2. The minimum atomic E-state index is 1.00. The summed E-state index contributed by atoms with van der Waals surface area (Å²) >= 11 is 0. The highest BCUT2D eigenvalue weighted by Gasteiger charge is 2.22. The maximum Gasteiger partial charge on any atom is 0.0717 e. The van der Waals surface area contributed by atoms with Gasteiger partial charge < -0.3 is 0 Å². The Kier molecular flexibility index (Phi) is 11.3. The molecule has 0 heterocycles. The van der Waals surface area contributed by atoms with Crippen LogP contribution in [-0.4, -0.2) is 11.4 Å². The van der Waals surface area contributed by atoms with E-state index in [1.54, 1.807) is 5.56 Å². The van der Waals surface area contributed by atoms with Gasteiger partial charge in [-0.05, 0) is 69.1 Å². The predicted molar refractivity (Wildman–Crippen MR) is 129 cm³/mol. The largest absolute Gasteiger partial charge is 0.257 e. The van der Waals surface area contributed by atoms with E-state index < -0.39 is 0 Å². The first-order valence-electron chi connectivity index (χ1n) is 11.8. The van der Waals surface area contributed by atoms with Crippen molar-refractivity contribution in [3.8, 4) is 0 Å². The first-order chi connectivity index (χ1) is 13.5. The number of hydrogen-bond donors (Lipinski definition) is 0. The molecule has 0 spiro atoms. The Morgan fingerprint density at radius 2 is 0.821 bits per heavy atom. The smallest absolute Gasteiger partial charge is 0.0717 e. The molecule has 0 aromatic heterocycles. The summed E-state index contributed by atoms with van der Waals surface area (Å²) in [5, 5.41) is 0. The van der Waals surface area contributed by atoms with E-state index in [2.05, 4.69) is 55.4 Å². The molecule has 1 rings (SSSR count). The normalized spacial score (nSPS) is 12.7. The van der Waals surface area contributed by atoms with Crippen molar-refractivity contribution in [1.29, 1.82) is 0 Å². The van der Waals surface area contributed by atoms with E-state index in [4.69, 9.17) is 9.98 Å². The summed E-state index contributed by atoms with van der Waals surface area (Å²) in [4.78, 5) is 10.4. The lowest BCUT2D eigenvalue weighted by atomic mass is 9.85. The highest BCUT2D eigenvalue weighted by atomic mass is 14.8. The van der Waals surface area contributed by atoms with Crippen LogP contribution in [0.3, 0.4) is 0 Å². The van der Waals surface area contributed by atoms with Gasteiger partial charge in [0.25, 0.3) is 0 Å². The summed E-state index contributed by atoms with van der Waals surface area (Å²) < 4.78 is 0. The van der Waals surface area contributed by atoms with E-state index in [1.807, 2.05) is 0 Å². The summed E-state index contributed by atoms with van der Waals surface area (Å²) in [6.45, 7) is 17.9. The molecule has 0 saturated heterocycles. The van der Waals surface area contributed by atoms with Gasteiger partial charge in [0, 0.05) is 17.0 Å². The zero-order valence-electron chi connectivity index (χ0n) is 20.0. The summed E-state index contributed by atoms with van der Waals surface area (Å²) in [6, 6.07) is 0. The van der Waals surface area contributed by atoms with Crippen molar-refractivity contribution in [3.05, 3.63) is 22.3 Å². The topological polar surface area (TPSA) is 24.7 Å². The molecule has 2 heteroatoms. The van der Waals surface area contributed by atoms with Crippen molar-refractivity contribution < 1.29 is 0 Å². The van der Waals surface area contributed by atoms with Crippen LogP contribution < -0.4 is 0 Å². The van der Waals surface area contributed by atoms with Crippen LogP contribution >= 0.6 is 0 Å². The Hall–Kier alpha value is -1.44. The fraction of sp³-hybridized carbons (Fsp3) is 0.692. The monoisotopic (exact) mass is 384 g/mol. The zero-order chi connectivity index (χ0) is 21.1. The summed E-state index contributed by atoms with van der Waals surface area (Å²) in [5.74, 6) is 0. The van der Waals surface area contributed by atoms with Crippen molar-refractivity contribution in [2.24, 2.45) is 9.98 Å². The van der Waals surface area contributed by atoms with Crippen LogP contribution in [0.2, 0.25) is 0 Å². The Morgan fingerprint density at radius 3 is 1.14 bits per heavy atom. The second kappa shape index (κ2) is 12.9. The molecule has 0 amide bonds. The minimum Gasteiger partial charge on any atom is -0.257 e. The zero-order valence-corrected chi connectivity index (χ0v) is 20.0. The third-order valence-corrected chi connectivity index (χ3v) is 5.50. The van der Waals surface area contributed by atoms with Crippen molar-refractivity contribution in [2.45, 2.75) is 120 Å². The molecule has 28 heavy (non-hydrogen) atoms. The molecule has 0 aliphatic heterocycles. The lowest BCUT2D eigenvalue weighted by molar-refractivity contribution is 0.815. The van der Waals surface area contributed by atoms with E-state index in [0.29, 0.717) is 0 Å². The van der Waals surface area contributed by atoms with Gasteiger partial charge >= 0.3 is 0 Å². The quantitative estimate of drug-likeness (QED) is 0.323. The highest BCUT2D eigenvalue weighted by molar-refractivity contribution is 5.89. The van der Waals surface area contributed by atoms with Gasteiger partial charge in [-0.1, -0.05) is 67.2 Å². The van der Waals surface area contributed by atoms with Gasteiger partial charge in [0.2, 0.25) is 0 Å². The van der Waals surface area contributed by atoms with Gasteiger partial charge in [0.05, 0.1) is 11.4 Å². The van der Waals surface area contributed by atoms with Gasteiger partial charge in [-0.15, -0.1) is 0 Å². The van der Waals surface area contributed by atoms with Gasteiger partial charge in [-0.2, -0.15) is 0 Å². The first kappa shape index (κ1) is 24.6. The summed E-state index contributed by atoms with van der Waals surface area (Å²) in [6.07, 6.45) is 11.1. The Balaban J connectivity index is 4.07. The number of nitrogens with zero attached hydrogens (tertiary/aromatic N) is 2. The maximum absolute atomic E-state index is 5.20. The van der Waals surface area contributed by atoms with Crippen LogP contribution in [0.15, 0.2) is 9.98 Å². The Labute approximate surface area is 175 Å². The van der Waals surface area contributed by atoms with Gasteiger partial charge in [-0.3, -0.25) is 9.98 Å². The van der Waals surface area contributed by atoms with E-state index in [9.17, 15) is 0 Å². The number of rotatable bonds is 12. The SMILES string of the molecule is CCCc1c(CCC)c(N=C(C)CC)c(CCC)c(N=C(C)CC)c1CCC. The summed E-state index contributed by atoms with van der Waals surface area (Å²) in [5.41, 5.74) is 10.9. The Bertz CT molecular complexity index is 629. The van der Waals surface area contributed by atoms with Crippen LogP contribution in [0.25, 0.3) is 0 Å². The van der Waals surface area contributed by atoms with Crippen molar-refractivity contribution in [2.75, 3.05) is 0 Å². The van der Waals surface area contributed by atoms with Crippen LogP contribution in [0.4, 0.5) is 11.4 Å². The van der Waals surface area contributed by atoms with Crippen molar-refractivity contribution in [3.63, 3.8) is 0 Å². The number of benzene rings is 1. The molecule has 0 aliphatic carbocycles. The molecule has 158 valence electrons. The molecule has 0 saturated carbocycles. The first-order valence-corrected chi connectivity index (χ1v) is 11.8. The van der Waals surface area contributed by atoms with E-state index in [0.717, 1.165) is 57.8 Å². The van der Waals surface area contributed by atoms with E-state index >= 15 is 0 Å². The average Bonchev–Trinajstić information content (AvgIpc) is 2.69. The number of hydrogen-bond acceptors (Lipinski definition) is 2. The average molecular weight is 385 g/mol. The van der Waals surface area contributed by atoms with Crippen LogP contribution in [0.1, 0.15) is 116 Å². The molecule has 1 aromatic carbocycles. The molecule has 0 atom stereocenters. The molecule has 0 N–H and O–H groups in total. The van der Waals surface area contributed by atoms with Gasteiger partial charge in [0.1, 0.15) is 0 Å². The van der Waals surface area contributed by atoms with Crippen LogP contribution in [0.5, 0.6) is 0 Å². The van der Waals surface area contributed by atoms with E-state index in [1.165, 1.54) is 45.9 Å². The van der Waals surface area contributed by atoms with Gasteiger partial charge in [-0.25, -0.2) is 0 Å². The molecule has 2 nitrogen and oxygen atoms in total. The lowest BCUT2D eigenvalue weighted by Gasteiger charge is -2.24. The molecule has 0 aliphatic rings. The third kappa shape index (κ3) is 6.29. The lowest BCUT2D eigenvalue weighted by Crippen LogP contribution is -2.07. The van der Waals surface area contributed by atoms with Crippen LogP contribution in [0, 0.1) is 0 Å². The standard InChI is InChI=1S/C26H44N2/c1-9-15-21-22(16-10-2)25(27-19(7)13-5)24(18-12-4)26(23(21)17-11-3)28-20(8)14-6/h9-18H2,1-8H3. The highest BCUT2D eigenvalue weighted by Crippen LogP contribution is 2.42. The molecular weight excluding hydrogens is 340 g/mol. The molecule has 0 bridgehead atoms. The van der Waals surface area contributed by atoms with E-state index in [-0.39, 0.29) is 0 Å². The summed E-state index contributed by atoms with van der Waals surface area (Å²) in [7, 11) is 0. The fourth-order valence-corrected chi connectivity index (χ4v) is 3.83. The predicted octanol–water partition coefficient (Wildman–Crippen LogP) is 8.50. The second-order valence-corrected chi connectivity index (χ2v) is 8.01. The van der Waals surface area contributed by atoms with Crippen molar-refractivity contribution in [1.82, 2.24) is 0 Å².